The first-order chi connectivity index (χ1) is 8.82. The highest BCUT2D eigenvalue weighted by atomic mass is 16.5. The van der Waals surface area contributed by atoms with Gasteiger partial charge in [-0.1, -0.05) is 47.0 Å². The maximum Gasteiger partial charge on any atom is 0.407 e. The average molecular weight is 273 g/mol. The first kappa shape index (κ1) is 17.7. The molecule has 0 saturated carbocycles. The lowest BCUT2D eigenvalue weighted by Crippen LogP contribution is -2.49. The lowest BCUT2D eigenvalue weighted by atomic mass is 9.87. The van der Waals surface area contributed by atoms with Crippen molar-refractivity contribution in [2.45, 2.75) is 59.4 Å². The van der Waals surface area contributed by atoms with E-state index >= 15 is 0 Å². The zero-order chi connectivity index (χ0) is 14.9. The molecule has 0 heterocycles. The molecule has 5 nitrogen and oxygen atoms in total. The van der Waals surface area contributed by atoms with Gasteiger partial charge in [0.15, 0.2) is 0 Å². The van der Waals surface area contributed by atoms with E-state index in [1.165, 1.54) is 7.11 Å². The fourth-order valence-electron chi connectivity index (χ4n) is 1.59. The van der Waals surface area contributed by atoms with Gasteiger partial charge in [0.05, 0.1) is 13.7 Å². The van der Waals surface area contributed by atoms with Crippen molar-refractivity contribution in [2.24, 2.45) is 5.41 Å². The summed E-state index contributed by atoms with van der Waals surface area (Å²) in [6, 6.07) is -0.703. The summed E-state index contributed by atoms with van der Waals surface area (Å²) in [6.45, 7) is 8.13. The van der Waals surface area contributed by atoms with E-state index in [4.69, 9.17) is 4.74 Å². The highest BCUT2D eigenvalue weighted by Crippen LogP contribution is 2.20. The fraction of sp³-hybridized carbons (Fsp3) is 0.857. The minimum Gasteiger partial charge on any atom is -0.464 e. The van der Waals surface area contributed by atoms with Crippen molar-refractivity contribution in [3.8, 4) is 0 Å². The van der Waals surface area contributed by atoms with E-state index < -0.39 is 23.5 Å². The van der Waals surface area contributed by atoms with Crippen LogP contribution >= 0.6 is 0 Å². The third kappa shape index (κ3) is 7.70. The predicted octanol–water partition coefficient (Wildman–Crippen LogP) is 2.88. The van der Waals surface area contributed by atoms with Crippen LogP contribution in [0.25, 0.3) is 0 Å². The molecule has 5 heteroatoms. The predicted molar refractivity (Wildman–Crippen MR) is 73.9 cm³/mol. The molecule has 1 N–H and O–H groups in total. The topological polar surface area (TPSA) is 64.6 Å². The molecule has 0 fully saturated rings. The van der Waals surface area contributed by atoms with Crippen LogP contribution in [-0.4, -0.2) is 31.8 Å². The van der Waals surface area contributed by atoms with Crippen LogP contribution in [0.2, 0.25) is 0 Å². The number of hydrogen-bond acceptors (Lipinski definition) is 4. The maximum absolute atomic E-state index is 12.0. The molecule has 1 atom stereocenters. The molecule has 0 rings (SSSR count). The van der Waals surface area contributed by atoms with Gasteiger partial charge in [0, 0.05) is 0 Å². The van der Waals surface area contributed by atoms with Crippen molar-refractivity contribution in [3.05, 3.63) is 0 Å². The number of rotatable bonds is 7. The zero-order valence-corrected chi connectivity index (χ0v) is 12.7. The molecule has 0 aromatic rings. The molecule has 0 radical (unpaired) electrons. The van der Waals surface area contributed by atoms with Crippen LogP contribution in [-0.2, 0) is 14.3 Å². The standard InChI is InChI=1S/C14H27NO4/c1-6-7-8-9-10-19-12(16)11(14(2,3)4)15-13(17)18-5/h11H,6-10H2,1-5H3,(H,15,17). The van der Waals surface area contributed by atoms with E-state index in [-0.39, 0.29) is 0 Å². The van der Waals surface area contributed by atoms with Crippen LogP contribution in [0.3, 0.4) is 0 Å². The van der Waals surface area contributed by atoms with E-state index in [1.807, 2.05) is 20.8 Å². The molecule has 0 aromatic heterocycles. The molecule has 0 aliphatic carbocycles. The van der Waals surface area contributed by atoms with Gasteiger partial charge in [-0.3, -0.25) is 0 Å². The molecular formula is C14H27NO4. The number of methoxy groups -OCH3 is 1. The smallest absolute Gasteiger partial charge is 0.407 e. The second kappa shape index (κ2) is 8.77. The van der Waals surface area contributed by atoms with Gasteiger partial charge < -0.3 is 14.8 Å². The Bertz CT molecular complexity index is 284. The van der Waals surface area contributed by atoms with Crippen molar-refractivity contribution in [2.75, 3.05) is 13.7 Å². The first-order valence-corrected chi connectivity index (χ1v) is 6.84. The maximum atomic E-state index is 12.0. The van der Waals surface area contributed by atoms with Crippen LogP contribution in [0.1, 0.15) is 53.4 Å². The summed E-state index contributed by atoms with van der Waals surface area (Å²) in [5.41, 5.74) is -0.422. The Hall–Kier alpha value is -1.26. The molecule has 0 aliphatic heterocycles. The number of amides is 1. The number of alkyl carbamates (subject to hydrolysis) is 1. The molecular weight excluding hydrogens is 246 g/mol. The Morgan fingerprint density at radius 2 is 1.79 bits per heavy atom. The number of carbonyl (C=O) groups excluding carboxylic acids is 2. The molecule has 0 aliphatic rings. The molecule has 0 spiro atoms. The summed E-state index contributed by atoms with van der Waals surface area (Å²) in [7, 11) is 1.27. The van der Waals surface area contributed by atoms with Crippen molar-refractivity contribution < 1.29 is 19.1 Å². The van der Waals surface area contributed by atoms with Crippen LogP contribution in [0, 0.1) is 5.41 Å². The number of carbonyl (C=O) groups is 2. The van der Waals surface area contributed by atoms with Crippen molar-refractivity contribution in [1.82, 2.24) is 5.32 Å². The van der Waals surface area contributed by atoms with Gasteiger partial charge in [-0.05, 0) is 11.8 Å². The second-order valence-electron chi connectivity index (χ2n) is 5.66. The number of unbranched alkanes of at least 4 members (excludes halogenated alkanes) is 3. The third-order valence-electron chi connectivity index (χ3n) is 2.79. The Morgan fingerprint density at radius 3 is 2.26 bits per heavy atom. The first-order valence-electron chi connectivity index (χ1n) is 6.84. The molecule has 1 unspecified atom stereocenters. The van der Waals surface area contributed by atoms with Crippen molar-refractivity contribution >= 4 is 12.1 Å². The Morgan fingerprint density at radius 1 is 1.16 bits per heavy atom. The molecule has 0 aromatic carbocycles. The highest BCUT2D eigenvalue weighted by Gasteiger charge is 2.34. The van der Waals surface area contributed by atoms with Gasteiger partial charge in [-0.15, -0.1) is 0 Å². The van der Waals surface area contributed by atoms with E-state index in [9.17, 15) is 9.59 Å². The van der Waals surface area contributed by atoms with Crippen LogP contribution in [0.15, 0.2) is 0 Å². The van der Waals surface area contributed by atoms with Crippen LogP contribution in [0.4, 0.5) is 4.79 Å². The largest absolute Gasteiger partial charge is 0.464 e. The normalized spacial score (nSPS) is 12.7. The van der Waals surface area contributed by atoms with Gasteiger partial charge in [0.25, 0.3) is 0 Å². The van der Waals surface area contributed by atoms with E-state index in [0.717, 1.165) is 25.7 Å². The Balaban J connectivity index is 4.28. The average Bonchev–Trinajstić information content (AvgIpc) is 2.33. The minimum absolute atomic E-state index is 0.397. The van der Waals surface area contributed by atoms with Crippen molar-refractivity contribution in [1.29, 1.82) is 0 Å². The van der Waals surface area contributed by atoms with E-state index in [0.29, 0.717) is 6.61 Å². The van der Waals surface area contributed by atoms with Gasteiger partial charge in [0.1, 0.15) is 6.04 Å². The summed E-state index contributed by atoms with van der Waals surface area (Å²) in [5.74, 6) is -0.408. The molecule has 19 heavy (non-hydrogen) atoms. The minimum atomic E-state index is -0.703. The highest BCUT2D eigenvalue weighted by molar-refractivity contribution is 5.82. The summed E-state index contributed by atoms with van der Waals surface area (Å²) >= 11 is 0. The molecule has 0 saturated heterocycles. The SMILES string of the molecule is CCCCCCOC(=O)C(NC(=O)OC)C(C)(C)C. The quantitative estimate of drug-likeness (QED) is 0.572. The summed E-state index contributed by atoms with van der Waals surface area (Å²) in [5, 5.41) is 2.52. The van der Waals surface area contributed by atoms with Gasteiger partial charge >= 0.3 is 12.1 Å². The molecule has 0 bridgehead atoms. The number of nitrogens with one attached hydrogen (secondary N) is 1. The van der Waals surface area contributed by atoms with Gasteiger partial charge in [0.2, 0.25) is 0 Å². The van der Waals surface area contributed by atoms with Crippen LogP contribution in [0.5, 0.6) is 0 Å². The van der Waals surface area contributed by atoms with Gasteiger partial charge in [-0.25, -0.2) is 9.59 Å². The summed E-state index contributed by atoms with van der Waals surface area (Å²) < 4.78 is 9.74. The number of ether oxygens (including phenoxy) is 2. The van der Waals surface area contributed by atoms with Crippen molar-refractivity contribution in [3.63, 3.8) is 0 Å². The Kier molecular flexibility index (Phi) is 8.19. The zero-order valence-electron chi connectivity index (χ0n) is 12.7. The third-order valence-corrected chi connectivity index (χ3v) is 2.79. The summed E-state index contributed by atoms with van der Waals surface area (Å²) in [4.78, 5) is 23.2. The van der Waals surface area contributed by atoms with Crippen LogP contribution < -0.4 is 5.32 Å². The second-order valence-corrected chi connectivity index (χ2v) is 5.66. The van der Waals surface area contributed by atoms with E-state index in [1.54, 1.807) is 0 Å². The monoisotopic (exact) mass is 273 g/mol. The fourth-order valence-corrected chi connectivity index (χ4v) is 1.59. The lowest BCUT2D eigenvalue weighted by Gasteiger charge is -2.28. The Labute approximate surface area is 116 Å². The molecule has 1 amide bonds. The lowest BCUT2D eigenvalue weighted by molar-refractivity contribution is -0.149. The van der Waals surface area contributed by atoms with Gasteiger partial charge in [-0.2, -0.15) is 0 Å². The summed E-state index contributed by atoms with van der Waals surface area (Å²) in [6.07, 6.45) is 3.56. The molecule has 112 valence electrons. The number of hydrogen-bond donors (Lipinski definition) is 1. The number of esters is 1. The van der Waals surface area contributed by atoms with E-state index in [2.05, 4.69) is 17.0 Å².